The molecule has 0 spiro atoms. The SMILES string of the molecule is COC(=O)CC(=N[C@H](C)c1ccccc1)/C(C(=O)OC)=C(/C)O. The van der Waals surface area contributed by atoms with Crippen molar-refractivity contribution in [2.75, 3.05) is 14.2 Å². The van der Waals surface area contributed by atoms with Crippen LogP contribution in [0.5, 0.6) is 0 Å². The normalized spacial score (nSPS) is 13.8. The summed E-state index contributed by atoms with van der Waals surface area (Å²) in [6, 6.07) is 9.09. The number of benzene rings is 1. The zero-order valence-electron chi connectivity index (χ0n) is 13.7. The van der Waals surface area contributed by atoms with Crippen LogP contribution in [0, 0.1) is 0 Å². The number of carbonyl (C=O) groups excluding carboxylic acids is 2. The summed E-state index contributed by atoms with van der Waals surface area (Å²) in [6.45, 7) is 3.17. The van der Waals surface area contributed by atoms with Gasteiger partial charge in [-0.05, 0) is 19.4 Å². The Morgan fingerprint density at radius 2 is 1.78 bits per heavy atom. The van der Waals surface area contributed by atoms with E-state index in [0.29, 0.717) is 0 Å². The van der Waals surface area contributed by atoms with E-state index in [1.807, 2.05) is 37.3 Å². The molecular formula is C17H21NO5. The fourth-order valence-corrected chi connectivity index (χ4v) is 2.02. The van der Waals surface area contributed by atoms with Gasteiger partial charge in [0.2, 0.25) is 0 Å². The number of methoxy groups -OCH3 is 2. The Labute approximate surface area is 135 Å². The third-order valence-corrected chi connectivity index (χ3v) is 3.21. The molecule has 0 radical (unpaired) electrons. The Bertz CT molecular complexity index is 615. The Morgan fingerprint density at radius 1 is 1.17 bits per heavy atom. The van der Waals surface area contributed by atoms with E-state index in [4.69, 9.17) is 0 Å². The molecule has 0 bridgehead atoms. The Morgan fingerprint density at radius 3 is 2.26 bits per heavy atom. The quantitative estimate of drug-likeness (QED) is 0.377. The Hall–Kier alpha value is -2.63. The number of rotatable bonds is 6. The molecule has 0 heterocycles. The van der Waals surface area contributed by atoms with Crippen molar-refractivity contribution in [2.24, 2.45) is 4.99 Å². The van der Waals surface area contributed by atoms with Gasteiger partial charge in [0.05, 0.1) is 32.4 Å². The van der Waals surface area contributed by atoms with Crippen molar-refractivity contribution in [2.45, 2.75) is 26.3 Å². The first-order valence-corrected chi connectivity index (χ1v) is 7.07. The minimum Gasteiger partial charge on any atom is -0.512 e. The van der Waals surface area contributed by atoms with Crippen molar-refractivity contribution in [3.8, 4) is 0 Å². The number of nitrogens with zero attached hydrogens (tertiary/aromatic N) is 1. The van der Waals surface area contributed by atoms with Gasteiger partial charge in [-0.25, -0.2) is 4.79 Å². The fraction of sp³-hybridized carbons (Fsp3) is 0.353. The molecular weight excluding hydrogens is 298 g/mol. The van der Waals surface area contributed by atoms with Gasteiger partial charge in [-0.1, -0.05) is 30.3 Å². The van der Waals surface area contributed by atoms with Crippen LogP contribution in [0.15, 0.2) is 46.7 Å². The highest BCUT2D eigenvalue weighted by molar-refractivity contribution is 6.23. The molecule has 0 aromatic heterocycles. The second-order valence-corrected chi connectivity index (χ2v) is 4.87. The van der Waals surface area contributed by atoms with Gasteiger partial charge in [0.15, 0.2) is 0 Å². The fourth-order valence-electron chi connectivity index (χ4n) is 2.02. The monoisotopic (exact) mass is 319 g/mol. The van der Waals surface area contributed by atoms with Crippen LogP contribution in [0.3, 0.4) is 0 Å². The van der Waals surface area contributed by atoms with Crippen molar-refractivity contribution >= 4 is 17.7 Å². The molecule has 1 aromatic rings. The lowest BCUT2D eigenvalue weighted by Gasteiger charge is -2.13. The van der Waals surface area contributed by atoms with Gasteiger partial charge in [0, 0.05) is 0 Å². The molecule has 1 atom stereocenters. The number of allylic oxidation sites excluding steroid dienone is 1. The van der Waals surface area contributed by atoms with Crippen molar-refractivity contribution in [3.05, 3.63) is 47.2 Å². The van der Waals surface area contributed by atoms with Gasteiger partial charge in [-0.3, -0.25) is 9.79 Å². The number of aliphatic imine (C=N–C) groups is 1. The predicted molar refractivity (Wildman–Crippen MR) is 86.3 cm³/mol. The van der Waals surface area contributed by atoms with Crippen LogP contribution < -0.4 is 0 Å². The molecule has 0 fully saturated rings. The van der Waals surface area contributed by atoms with Gasteiger partial charge >= 0.3 is 11.9 Å². The summed E-state index contributed by atoms with van der Waals surface area (Å²) in [5, 5.41) is 9.80. The lowest BCUT2D eigenvalue weighted by Crippen LogP contribution is -2.21. The maximum absolute atomic E-state index is 11.9. The summed E-state index contributed by atoms with van der Waals surface area (Å²) >= 11 is 0. The van der Waals surface area contributed by atoms with Gasteiger partial charge in [-0.15, -0.1) is 0 Å². The third-order valence-electron chi connectivity index (χ3n) is 3.21. The molecule has 0 aliphatic heterocycles. The molecule has 0 saturated carbocycles. The van der Waals surface area contributed by atoms with Crippen molar-refractivity contribution < 1.29 is 24.2 Å². The highest BCUT2D eigenvalue weighted by atomic mass is 16.5. The largest absolute Gasteiger partial charge is 0.512 e. The number of hydrogen-bond acceptors (Lipinski definition) is 6. The molecule has 23 heavy (non-hydrogen) atoms. The molecule has 0 aliphatic rings. The van der Waals surface area contributed by atoms with Gasteiger partial charge in [-0.2, -0.15) is 0 Å². The first-order valence-electron chi connectivity index (χ1n) is 7.07. The summed E-state index contributed by atoms with van der Waals surface area (Å²) in [4.78, 5) is 28.0. The van der Waals surface area contributed by atoms with Crippen LogP contribution in [0.25, 0.3) is 0 Å². The van der Waals surface area contributed by atoms with E-state index in [-0.39, 0.29) is 29.5 Å². The maximum atomic E-state index is 11.9. The van der Waals surface area contributed by atoms with E-state index in [9.17, 15) is 14.7 Å². The number of aliphatic hydroxyl groups is 1. The number of aliphatic hydroxyl groups excluding tert-OH is 1. The van der Waals surface area contributed by atoms with Crippen LogP contribution in [-0.4, -0.2) is 37.0 Å². The number of carbonyl (C=O) groups is 2. The number of ether oxygens (including phenoxy) is 2. The average molecular weight is 319 g/mol. The highest BCUT2D eigenvalue weighted by Gasteiger charge is 2.24. The second kappa shape index (κ2) is 8.73. The molecule has 0 amide bonds. The van der Waals surface area contributed by atoms with Gasteiger partial charge in [0.1, 0.15) is 11.3 Å². The minimum absolute atomic E-state index is 0.124. The molecule has 124 valence electrons. The molecule has 0 aliphatic carbocycles. The maximum Gasteiger partial charge on any atom is 0.343 e. The van der Waals surface area contributed by atoms with Crippen molar-refractivity contribution in [1.29, 1.82) is 0 Å². The first kappa shape index (κ1) is 18.4. The molecule has 0 unspecified atom stereocenters. The van der Waals surface area contributed by atoms with Crippen molar-refractivity contribution in [3.63, 3.8) is 0 Å². The summed E-state index contributed by atoms with van der Waals surface area (Å²) < 4.78 is 9.30. The Balaban J connectivity index is 3.29. The van der Waals surface area contributed by atoms with E-state index in [0.717, 1.165) is 5.56 Å². The van der Waals surface area contributed by atoms with E-state index in [1.54, 1.807) is 0 Å². The van der Waals surface area contributed by atoms with Crippen molar-refractivity contribution in [1.82, 2.24) is 0 Å². The molecule has 0 saturated heterocycles. The van der Waals surface area contributed by atoms with Gasteiger partial charge in [0.25, 0.3) is 0 Å². The second-order valence-electron chi connectivity index (χ2n) is 4.87. The van der Waals surface area contributed by atoms with Gasteiger partial charge < -0.3 is 14.6 Å². The molecule has 6 nitrogen and oxygen atoms in total. The highest BCUT2D eigenvalue weighted by Crippen LogP contribution is 2.20. The van der Waals surface area contributed by atoms with E-state index >= 15 is 0 Å². The summed E-state index contributed by atoms with van der Waals surface area (Å²) in [7, 11) is 2.44. The zero-order valence-corrected chi connectivity index (χ0v) is 13.7. The topological polar surface area (TPSA) is 85.2 Å². The van der Waals surface area contributed by atoms with Crippen LogP contribution in [0.4, 0.5) is 0 Å². The number of esters is 2. The van der Waals surface area contributed by atoms with E-state index < -0.39 is 11.9 Å². The smallest absolute Gasteiger partial charge is 0.343 e. The minimum atomic E-state index is -0.757. The first-order chi connectivity index (χ1) is 10.9. The molecule has 1 rings (SSSR count). The summed E-state index contributed by atoms with van der Waals surface area (Å²) in [6.07, 6.45) is -0.240. The van der Waals surface area contributed by atoms with E-state index in [1.165, 1.54) is 21.1 Å². The van der Waals surface area contributed by atoms with Crippen LogP contribution >= 0.6 is 0 Å². The zero-order chi connectivity index (χ0) is 17.4. The molecule has 6 heteroatoms. The lowest BCUT2D eigenvalue weighted by molar-refractivity contribution is -0.139. The predicted octanol–water partition coefficient (Wildman–Crippen LogP) is 2.76. The Kier molecular flexibility index (Phi) is 6.99. The molecule has 1 N–H and O–H groups in total. The van der Waals surface area contributed by atoms with Crippen LogP contribution in [0.1, 0.15) is 31.9 Å². The number of hydrogen-bond donors (Lipinski definition) is 1. The van der Waals surface area contributed by atoms with Crippen LogP contribution in [-0.2, 0) is 19.1 Å². The standard InChI is InChI=1S/C17H21NO5/c1-11(13-8-6-5-7-9-13)18-14(10-15(20)22-3)16(12(2)19)17(21)23-4/h5-9,11,19H,10H2,1-4H3/b16-12+,18-14?/t11-/m1/s1. The summed E-state index contributed by atoms with van der Waals surface area (Å²) in [5.41, 5.74) is 0.912. The summed E-state index contributed by atoms with van der Waals surface area (Å²) in [5.74, 6) is -1.58. The average Bonchev–Trinajstić information content (AvgIpc) is 2.54. The lowest BCUT2D eigenvalue weighted by atomic mass is 10.0. The van der Waals surface area contributed by atoms with Crippen LogP contribution in [0.2, 0.25) is 0 Å². The van der Waals surface area contributed by atoms with E-state index in [2.05, 4.69) is 14.5 Å². The molecule has 1 aromatic carbocycles. The third kappa shape index (κ3) is 5.25.